The van der Waals surface area contributed by atoms with Gasteiger partial charge in [-0.2, -0.15) is 5.10 Å². The maximum Gasteiger partial charge on any atom is 0.340 e. The summed E-state index contributed by atoms with van der Waals surface area (Å²) in [5.74, 6) is 0.285. The van der Waals surface area contributed by atoms with Crippen molar-refractivity contribution in [3.63, 3.8) is 0 Å². The molecular weight excluding hydrogens is 380 g/mol. The van der Waals surface area contributed by atoms with Gasteiger partial charge in [0.1, 0.15) is 5.82 Å². The largest absolute Gasteiger partial charge is 0.347 e. The van der Waals surface area contributed by atoms with Crippen LogP contribution in [0.3, 0.4) is 0 Å². The van der Waals surface area contributed by atoms with Crippen LogP contribution in [0, 0.1) is 0 Å². The molecule has 30 heavy (non-hydrogen) atoms. The fourth-order valence-electron chi connectivity index (χ4n) is 4.75. The van der Waals surface area contributed by atoms with E-state index in [2.05, 4.69) is 56.5 Å². The van der Waals surface area contributed by atoms with Gasteiger partial charge in [0.05, 0.1) is 25.8 Å². The van der Waals surface area contributed by atoms with Crippen molar-refractivity contribution in [2.24, 2.45) is 0 Å². The molecule has 3 aromatic rings. The third kappa shape index (κ3) is 3.71. The summed E-state index contributed by atoms with van der Waals surface area (Å²) in [6.07, 6.45) is 1.81. The highest BCUT2D eigenvalue weighted by Crippen LogP contribution is 2.46. The summed E-state index contributed by atoms with van der Waals surface area (Å²) in [7, 11) is 0. The van der Waals surface area contributed by atoms with E-state index in [9.17, 15) is 4.79 Å². The molecule has 1 aromatic heterocycles. The summed E-state index contributed by atoms with van der Waals surface area (Å²) in [6.45, 7) is 2.46. The van der Waals surface area contributed by atoms with Crippen molar-refractivity contribution in [3.05, 3.63) is 88.1 Å². The first kappa shape index (κ1) is 19.2. The van der Waals surface area contributed by atoms with Crippen LogP contribution in [-0.2, 0) is 16.0 Å². The summed E-state index contributed by atoms with van der Waals surface area (Å²) in [6, 6.07) is 20.8. The Balaban J connectivity index is 1.43. The number of aromatic nitrogens is 3. The minimum absolute atomic E-state index is 0.0793. The SMILES string of the molecule is O=c1[nH]nc(CN2CCOC3(CCC(c4ccccc4)CO3)C2c2ccccc2)[nH]1. The van der Waals surface area contributed by atoms with Crippen LogP contribution in [0.4, 0.5) is 0 Å². The van der Waals surface area contributed by atoms with Gasteiger partial charge in [0.15, 0.2) is 5.79 Å². The first-order valence-corrected chi connectivity index (χ1v) is 10.5. The van der Waals surface area contributed by atoms with Crippen molar-refractivity contribution in [1.29, 1.82) is 0 Å². The number of rotatable bonds is 4. The second-order valence-corrected chi connectivity index (χ2v) is 8.03. The number of benzene rings is 2. The van der Waals surface area contributed by atoms with Crippen molar-refractivity contribution < 1.29 is 9.47 Å². The second kappa shape index (κ2) is 8.18. The van der Waals surface area contributed by atoms with Crippen LogP contribution in [0.1, 0.15) is 41.8 Å². The number of hydrogen-bond acceptors (Lipinski definition) is 5. The molecule has 0 radical (unpaired) electrons. The fourth-order valence-corrected chi connectivity index (χ4v) is 4.75. The van der Waals surface area contributed by atoms with Crippen LogP contribution < -0.4 is 5.69 Å². The molecule has 2 aliphatic rings. The van der Waals surface area contributed by atoms with Crippen molar-refractivity contribution in [1.82, 2.24) is 20.1 Å². The van der Waals surface area contributed by atoms with Crippen molar-refractivity contribution in [2.45, 2.75) is 37.1 Å². The van der Waals surface area contributed by atoms with E-state index in [0.29, 0.717) is 31.5 Å². The molecule has 0 aliphatic carbocycles. The monoisotopic (exact) mass is 406 g/mol. The van der Waals surface area contributed by atoms with Crippen LogP contribution >= 0.6 is 0 Å². The first-order valence-electron chi connectivity index (χ1n) is 10.5. The van der Waals surface area contributed by atoms with E-state index >= 15 is 0 Å². The first-order chi connectivity index (χ1) is 14.7. The smallest absolute Gasteiger partial charge is 0.340 e. The van der Waals surface area contributed by atoms with Gasteiger partial charge < -0.3 is 9.47 Å². The molecule has 0 amide bonds. The third-order valence-electron chi connectivity index (χ3n) is 6.17. The molecule has 2 aliphatic heterocycles. The molecule has 2 saturated heterocycles. The van der Waals surface area contributed by atoms with Gasteiger partial charge in [0.25, 0.3) is 0 Å². The van der Waals surface area contributed by atoms with E-state index in [-0.39, 0.29) is 11.7 Å². The minimum atomic E-state index is -0.707. The number of nitrogens with zero attached hydrogens (tertiary/aromatic N) is 2. The molecule has 7 heteroatoms. The molecule has 3 unspecified atom stereocenters. The molecule has 5 rings (SSSR count). The summed E-state index contributed by atoms with van der Waals surface area (Å²) in [4.78, 5) is 16.6. The van der Waals surface area contributed by atoms with Gasteiger partial charge in [0, 0.05) is 18.9 Å². The Bertz CT molecular complexity index is 1010. The second-order valence-electron chi connectivity index (χ2n) is 8.03. The maximum absolute atomic E-state index is 11.5. The van der Waals surface area contributed by atoms with Gasteiger partial charge >= 0.3 is 5.69 Å². The standard InChI is InChI=1S/C23H26N4O3/c28-22-24-20(25-26-22)15-27-13-14-29-23(21(27)18-9-5-2-6-10-18)12-11-19(16-30-23)17-7-3-1-4-8-17/h1-10,19,21H,11-16H2,(H2,24,25,26,28). The molecule has 0 bridgehead atoms. The highest BCUT2D eigenvalue weighted by molar-refractivity contribution is 5.24. The number of H-pyrrole nitrogens is 2. The molecule has 2 aromatic carbocycles. The van der Waals surface area contributed by atoms with E-state index in [1.807, 2.05) is 24.3 Å². The molecule has 7 nitrogen and oxygen atoms in total. The van der Waals surface area contributed by atoms with Gasteiger partial charge in [0.2, 0.25) is 0 Å². The third-order valence-corrected chi connectivity index (χ3v) is 6.17. The Morgan fingerprint density at radius 3 is 2.40 bits per heavy atom. The van der Waals surface area contributed by atoms with Crippen molar-refractivity contribution >= 4 is 0 Å². The molecule has 1 spiro atoms. The minimum Gasteiger partial charge on any atom is -0.347 e. The number of morpholine rings is 1. The van der Waals surface area contributed by atoms with Gasteiger partial charge in [-0.05, 0) is 17.5 Å². The van der Waals surface area contributed by atoms with E-state index in [1.165, 1.54) is 5.56 Å². The Kier molecular flexibility index (Phi) is 5.25. The van der Waals surface area contributed by atoms with Crippen LogP contribution in [0.5, 0.6) is 0 Å². The highest BCUT2D eigenvalue weighted by Gasteiger charge is 2.50. The number of nitrogens with one attached hydrogen (secondary N) is 2. The highest BCUT2D eigenvalue weighted by atomic mass is 16.7. The lowest BCUT2D eigenvalue weighted by Crippen LogP contribution is -2.57. The lowest BCUT2D eigenvalue weighted by Gasteiger charge is -2.51. The Labute approximate surface area is 175 Å². The van der Waals surface area contributed by atoms with Crippen molar-refractivity contribution in [2.75, 3.05) is 19.8 Å². The molecule has 2 N–H and O–H groups in total. The van der Waals surface area contributed by atoms with E-state index in [4.69, 9.17) is 9.47 Å². The van der Waals surface area contributed by atoms with Crippen LogP contribution in [-0.4, -0.2) is 45.6 Å². The predicted molar refractivity (Wildman–Crippen MR) is 112 cm³/mol. The molecular formula is C23H26N4O3. The zero-order valence-corrected chi connectivity index (χ0v) is 16.8. The normalized spacial score (nSPS) is 27.3. The van der Waals surface area contributed by atoms with E-state index < -0.39 is 5.79 Å². The topological polar surface area (TPSA) is 83.2 Å². The van der Waals surface area contributed by atoms with Gasteiger partial charge in [-0.1, -0.05) is 60.7 Å². The number of aromatic amines is 2. The lowest BCUT2D eigenvalue weighted by atomic mass is 9.84. The predicted octanol–water partition coefficient (Wildman–Crippen LogP) is 2.96. The zero-order valence-electron chi connectivity index (χ0n) is 16.8. The number of ether oxygens (including phenoxy) is 2. The van der Waals surface area contributed by atoms with Crippen LogP contribution in [0.2, 0.25) is 0 Å². The van der Waals surface area contributed by atoms with Gasteiger partial charge in [-0.25, -0.2) is 9.89 Å². The summed E-state index contributed by atoms with van der Waals surface area (Å²) in [5, 5.41) is 6.56. The molecule has 3 atom stereocenters. The number of hydrogen-bond donors (Lipinski definition) is 2. The zero-order chi connectivity index (χ0) is 20.4. The van der Waals surface area contributed by atoms with Crippen molar-refractivity contribution in [3.8, 4) is 0 Å². The Hall–Kier alpha value is -2.74. The molecule has 156 valence electrons. The fraction of sp³-hybridized carbons (Fsp3) is 0.391. The molecule has 0 saturated carbocycles. The summed E-state index contributed by atoms with van der Waals surface area (Å²) < 4.78 is 12.9. The van der Waals surface area contributed by atoms with Crippen LogP contribution in [0.15, 0.2) is 65.5 Å². The lowest BCUT2D eigenvalue weighted by molar-refractivity contribution is -0.314. The molecule has 2 fully saturated rings. The maximum atomic E-state index is 11.5. The van der Waals surface area contributed by atoms with E-state index in [1.54, 1.807) is 0 Å². The Morgan fingerprint density at radius 2 is 1.77 bits per heavy atom. The molecule has 3 heterocycles. The van der Waals surface area contributed by atoms with E-state index in [0.717, 1.165) is 24.9 Å². The van der Waals surface area contributed by atoms with Crippen LogP contribution in [0.25, 0.3) is 0 Å². The van der Waals surface area contributed by atoms with Gasteiger partial charge in [-0.15, -0.1) is 0 Å². The summed E-state index contributed by atoms with van der Waals surface area (Å²) in [5.41, 5.74) is 2.17. The Morgan fingerprint density at radius 1 is 1.03 bits per heavy atom. The summed E-state index contributed by atoms with van der Waals surface area (Å²) >= 11 is 0. The average molecular weight is 406 g/mol. The van der Waals surface area contributed by atoms with Gasteiger partial charge in [-0.3, -0.25) is 9.88 Å². The average Bonchev–Trinajstić information content (AvgIpc) is 3.20. The quantitative estimate of drug-likeness (QED) is 0.696.